The summed E-state index contributed by atoms with van der Waals surface area (Å²) in [5, 5.41) is 5.83. The first-order valence-corrected chi connectivity index (χ1v) is 15.7. The van der Waals surface area contributed by atoms with Gasteiger partial charge in [-0.1, -0.05) is 37.1 Å². The average Bonchev–Trinajstić information content (AvgIpc) is 3.03. The van der Waals surface area contributed by atoms with Gasteiger partial charge in [0.1, 0.15) is 0 Å². The maximum absolute atomic E-state index is 13.0. The fourth-order valence-corrected chi connectivity index (χ4v) is 6.14. The Labute approximate surface area is 264 Å². The minimum Gasteiger partial charge on any atom is -0.330 e. The monoisotopic (exact) mass is 614 g/mol. The zero-order valence-corrected chi connectivity index (χ0v) is 25.9. The summed E-state index contributed by atoms with van der Waals surface area (Å²) in [6.45, 7) is 2.91. The summed E-state index contributed by atoms with van der Waals surface area (Å²) < 4.78 is 0. The molecule has 11 heteroatoms. The molecular formula is C34H46N8O3. The van der Waals surface area contributed by atoms with Crippen LogP contribution in [-0.2, 0) is 14.4 Å². The number of nitrogens with zero attached hydrogens (tertiary/aromatic N) is 1. The minimum absolute atomic E-state index is 0.139. The predicted molar refractivity (Wildman–Crippen MR) is 180 cm³/mol. The van der Waals surface area contributed by atoms with Crippen molar-refractivity contribution in [3.8, 4) is 0 Å². The van der Waals surface area contributed by atoms with Crippen LogP contribution >= 0.6 is 0 Å². The molecule has 5 rings (SSSR count). The number of benzene rings is 2. The number of anilines is 2. The number of allylic oxidation sites excluding steroid dienone is 4. The molecule has 0 aromatic heterocycles. The molecule has 45 heavy (non-hydrogen) atoms. The van der Waals surface area contributed by atoms with Gasteiger partial charge in [-0.05, 0) is 103 Å². The van der Waals surface area contributed by atoms with Crippen LogP contribution in [0, 0.1) is 0 Å². The lowest BCUT2D eigenvalue weighted by Gasteiger charge is -2.42. The van der Waals surface area contributed by atoms with E-state index in [1.165, 1.54) is 0 Å². The van der Waals surface area contributed by atoms with Crippen LogP contribution in [0.25, 0.3) is 0 Å². The lowest BCUT2D eigenvalue weighted by atomic mass is 9.61. The molecule has 0 heterocycles. The van der Waals surface area contributed by atoms with Gasteiger partial charge in [0.25, 0.3) is 5.91 Å². The van der Waals surface area contributed by atoms with E-state index in [0.29, 0.717) is 37.3 Å². The smallest absolute Gasteiger partial charge is 0.262 e. The molecule has 3 amide bonds. The standard InChI is InChI=1S/C34H46N8O3/c1-2-7-22-27(19-40-33(44)28(38)8-3-5-14-35)32-25-16-20(41-30(43)18-37)10-12-23(25)31(22)24-13-11-21(17-26(24)32)42-34(45)29(39)9-4-6-15-36/h2,7,10-13,16-17,19,28-29,31-32H,3-6,8-9,14-15,18,35-39H2,1H3,(H,41,43)(H,42,45)/b7-2-,40-19+/t28-,29-,31?,32?/m0/s1. The summed E-state index contributed by atoms with van der Waals surface area (Å²) in [5.74, 6) is -1.45. The Morgan fingerprint density at radius 1 is 0.778 bits per heavy atom. The predicted octanol–water partition coefficient (Wildman–Crippen LogP) is 2.50. The second-order valence-corrected chi connectivity index (χ2v) is 11.6. The van der Waals surface area contributed by atoms with Gasteiger partial charge in [0.2, 0.25) is 11.8 Å². The van der Waals surface area contributed by atoms with E-state index >= 15 is 0 Å². The first-order chi connectivity index (χ1) is 21.7. The van der Waals surface area contributed by atoms with Crippen LogP contribution in [0.1, 0.15) is 79.5 Å². The van der Waals surface area contributed by atoms with Crippen LogP contribution in [0.2, 0.25) is 0 Å². The molecule has 2 aromatic rings. The number of hydrogen-bond acceptors (Lipinski definition) is 8. The normalized spacial score (nSPS) is 18.2. The number of amides is 3. The van der Waals surface area contributed by atoms with Crippen LogP contribution in [0.3, 0.4) is 0 Å². The van der Waals surface area contributed by atoms with Gasteiger partial charge in [0.05, 0.1) is 18.6 Å². The fourth-order valence-electron chi connectivity index (χ4n) is 6.14. The van der Waals surface area contributed by atoms with Gasteiger partial charge in [-0.2, -0.15) is 0 Å². The maximum Gasteiger partial charge on any atom is 0.262 e. The number of nitrogens with two attached hydrogens (primary N) is 5. The SMILES string of the molecule is C/C=C\C1=C(/C=N/C(=O)[C@@H](N)CCCCN)C2c3cc(NC(=O)CN)ccc3C1c1ccc(NC(=O)[C@@H](N)CCCCN)cc12. The molecule has 12 N–H and O–H groups in total. The number of unbranched alkanes of at least 4 members (excludes halogenated alkanes) is 2. The van der Waals surface area contributed by atoms with Gasteiger partial charge in [0, 0.05) is 29.4 Å². The van der Waals surface area contributed by atoms with Crippen molar-refractivity contribution in [1.82, 2.24) is 0 Å². The number of rotatable bonds is 15. The second kappa shape index (κ2) is 15.8. The van der Waals surface area contributed by atoms with Crippen molar-refractivity contribution in [1.29, 1.82) is 0 Å². The maximum atomic E-state index is 13.0. The van der Waals surface area contributed by atoms with Gasteiger partial charge in [0.15, 0.2) is 0 Å². The van der Waals surface area contributed by atoms with Crippen molar-refractivity contribution in [2.75, 3.05) is 30.3 Å². The molecule has 11 nitrogen and oxygen atoms in total. The zero-order chi connectivity index (χ0) is 32.5. The first kappa shape index (κ1) is 33.9. The third kappa shape index (κ3) is 7.81. The summed E-state index contributed by atoms with van der Waals surface area (Å²) in [4.78, 5) is 42.4. The number of carbonyl (C=O) groups is 3. The zero-order valence-electron chi connectivity index (χ0n) is 25.9. The molecular weight excluding hydrogens is 568 g/mol. The fraction of sp³-hybridized carbons (Fsp3) is 0.412. The van der Waals surface area contributed by atoms with Crippen LogP contribution in [-0.4, -0.2) is 55.7 Å². The third-order valence-electron chi connectivity index (χ3n) is 8.38. The summed E-state index contributed by atoms with van der Waals surface area (Å²) in [5.41, 5.74) is 36.3. The third-order valence-corrected chi connectivity index (χ3v) is 8.38. The van der Waals surface area contributed by atoms with E-state index in [4.69, 9.17) is 28.7 Å². The van der Waals surface area contributed by atoms with Gasteiger partial charge in [-0.25, -0.2) is 4.99 Å². The minimum atomic E-state index is -0.715. The molecule has 0 aliphatic heterocycles. The number of carbonyl (C=O) groups excluding carboxylic acids is 3. The molecule has 0 radical (unpaired) electrons. The van der Waals surface area contributed by atoms with E-state index in [-0.39, 0.29) is 30.2 Å². The first-order valence-electron chi connectivity index (χ1n) is 15.7. The van der Waals surface area contributed by atoms with Crippen LogP contribution in [0.15, 0.2) is 64.7 Å². The summed E-state index contributed by atoms with van der Waals surface area (Å²) in [6, 6.07) is 10.4. The van der Waals surface area contributed by atoms with E-state index in [9.17, 15) is 14.4 Å². The molecule has 3 aliphatic carbocycles. The van der Waals surface area contributed by atoms with E-state index in [0.717, 1.165) is 59.1 Å². The molecule has 2 aromatic carbocycles. The molecule has 240 valence electrons. The van der Waals surface area contributed by atoms with E-state index in [1.807, 2.05) is 49.4 Å². The highest BCUT2D eigenvalue weighted by Crippen LogP contribution is 2.56. The highest BCUT2D eigenvalue weighted by molar-refractivity contribution is 5.99. The topological polar surface area (TPSA) is 218 Å². The highest BCUT2D eigenvalue weighted by atomic mass is 16.2. The Balaban J connectivity index is 1.76. The Hall–Kier alpha value is -4.00. The molecule has 3 aliphatic rings. The van der Waals surface area contributed by atoms with E-state index < -0.39 is 18.0 Å². The Morgan fingerprint density at radius 2 is 1.33 bits per heavy atom. The van der Waals surface area contributed by atoms with Gasteiger partial charge in [-0.15, -0.1) is 0 Å². The van der Waals surface area contributed by atoms with Gasteiger partial charge >= 0.3 is 0 Å². The molecule has 0 spiro atoms. The van der Waals surface area contributed by atoms with E-state index in [1.54, 1.807) is 6.21 Å². The quantitative estimate of drug-likeness (QED) is 0.116. The summed E-state index contributed by atoms with van der Waals surface area (Å²) >= 11 is 0. The largest absolute Gasteiger partial charge is 0.330 e. The van der Waals surface area contributed by atoms with Crippen LogP contribution < -0.4 is 39.3 Å². The summed E-state index contributed by atoms with van der Waals surface area (Å²) in [7, 11) is 0. The van der Waals surface area contributed by atoms with Crippen molar-refractivity contribution in [3.05, 3.63) is 82.0 Å². The van der Waals surface area contributed by atoms with Crippen molar-refractivity contribution >= 4 is 35.3 Å². The molecule has 0 saturated carbocycles. The lowest BCUT2D eigenvalue weighted by molar-refractivity contribution is -0.119. The molecule has 2 bridgehead atoms. The molecule has 4 atom stereocenters. The molecule has 0 fully saturated rings. The van der Waals surface area contributed by atoms with Crippen LogP contribution in [0.4, 0.5) is 11.4 Å². The number of aliphatic imine (C=N–C) groups is 1. The Bertz CT molecular complexity index is 1500. The molecule has 2 unspecified atom stereocenters. The average molecular weight is 615 g/mol. The number of hydrogen-bond donors (Lipinski definition) is 7. The van der Waals surface area contributed by atoms with Crippen LogP contribution in [0.5, 0.6) is 0 Å². The number of nitrogens with one attached hydrogen (secondary N) is 2. The van der Waals surface area contributed by atoms with Crippen molar-refractivity contribution in [2.45, 2.75) is 69.4 Å². The Kier molecular flexibility index (Phi) is 11.9. The Morgan fingerprint density at radius 3 is 1.89 bits per heavy atom. The lowest BCUT2D eigenvalue weighted by Crippen LogP contribution is -2.36. The van der Waals surface area contributed by atoms with E-state index in [2.05, 4.69) is 21.7 Å². The summed E-state index contributed by atoms with van der Waals surface area (Å²) in [6.07, 6.45) is 9.83. The van der Waals surface area contributed by atoms with Crippen molar-refractivity contribution in [3.63, 3.8) is 0 Å². The van der Waals surface area contributed by atoms with Crippen molar-refractivity contribution in [2.24, 2.45) is 33.7 Å². The molecule has 0 saturated heterocycles. The van der Waals surface area contributed by atoms with Gasteiger partial charge < -0.3 is 39.3 Å². The van der Waals surface area contributed by atoms with Crippen molar-refractivity contribution < 1.29 is 14.4 Å². The van der Waals surface area contributed by atoms with Gasteiger partial charge in [-0.3, -0.25) is 14.4 Å². The second-order valence-electron chi connectivity index (χ2n) is 11.6. The highest BCUT2D eigenvalue weighted by Gasteiger charge is 2.42.